The summed E-state index contributed by atoms with van der Waals surface area (Å²) in [5, 5.41) is 0. The van der Waals surface area contributed by atoms with Crippen molar-refractivity contribution in [2.45, 2.75) is 45.4 Å². The molecule has 0 amide bonds. The highest BCUT2D eigenvalue weighted by Crippen LogP contribution is 2.36. The van der Waals surface area contributed by atoms with Gasteiger partial charge in [-0.3, -0.25) is 0 Å². The second-order valence-corrected chi connectivity index (χ2v) is 6.17. The first-order chi connectivity index (χ1) is 11.2. The third-order valence-electron chi connectivity index (χ3n) is 4.44. The first-order valence-electron chi connectivity index (χ1n) is 8.51. The zero-order valence-electron chi connectivity index (χ0n) is 14.4. The van der Waals surface area contributed by atoms with Crippen molar-refractivity contribution in [3.05, 3.63) is 59.4 Å². The van der Waals surface area contributed by atoms with Crippen molar-refractivity contribution in [3.63, 3.8) is 0 Å². The molecule has 0 aliphatic heterocycles. The van der Waals surface area contributed by atoms with Gasteiger partial charge < -0.3 is 4.74 Å². The van der Waals surface area contributed by atoms with Gasteiger partial charge in [0, 0.05) is 19.3 Å². The number of unbranched alkanes of at least 4 members (excludes halogenated alkanes) is 1. The fourth-order valence-corrected chi connectivity index (χ4v) is 3.20. The van der Waals surface area contributed by atoms with Gasteiger partial charge in [-0.2, -0.15) is 0 Å². The summed E-state index contributed by atoms with van der Waals surface area (Å²) in [6.45, 7) is 5.03. The van der Waals surface area contributed by atoms with Crippen LogP contribution in [0.1, 0.15) is 49.7 Å². The van der Waals surface area contributed by atoms with Crippen molar-refractivity contribution in [2.75, 3.05) is 13.7 Å². The van der Waals surface area contributed by atoms with Gasteiger partial charge in [0.25, 0.3) is 0 Å². The lowest BCUT2D eigenvalue weighted by Gasteiger charge is -2.20. The maximum Gasteiger partial charge on any atom is 0.131 e. The molecule has 0 aliphatic carbocycles. The number of hydrogen-bond acceptors (Lipinski definition) is 1. The minimum absolute atomic E-state index is 0.122. The topological polar surface area (TPSA) is 9.23 Å². The number of aryl methyl sites for hydroxylation is 1. The van der Waals surface area contributed by atoms with Gasteiger partial charge in [-0.25, -0.2) is 4.39 Å². The third kappa shape index (κ3) is 4.65. The molecule has 0 saturated carbocycles. The molecule has 0 heterocycles. The minimum Gasteiger partial charge on any atom is -0.385 e. The summed E-state index contributed by atoms with van der Waals surface area (Å²) in [6, 6.07) is 13.6. The highest BCUT2D eigenvalue weighted by atomic mass is 19.1. The van der Waals surface area contributed by atoms with E-state index in [-0.39, 0.29) is 5.82 Å². The predicted octanol–water partition coefficient (Wildman–Crippen LogP) is 6.11. The fraction of sp³-hybridized carbons (Fsp3) is 0.429. The van der Waals surface area contributed by atoms with Crippen molar-refractivity contribution in [2.24, 2.45) is 0 Å². The van der Waals surface area contributed by atoms with Crippen LogP contribution in [0.15, 0.2) is 42.5 Å². The summed E-state index contributed by atoms with van der Waals surface area (Å²) >= 11 is 0. The zero-order chi connectivity index (χ0) is 16.7. The van der Waals surface area contributed by atoms with Crippen molar-refractivity contribution < 1.29 is 9.13 Å². The molecule has 0 N–H and O–H groups in total. The van der Waals surface area contributed by atoms with E-state index in [1.54, 1.807) is 13.2 Å². The molecule has 2 aromatic rings. The average molecular weight is 314 g/mol. The van der Waals surface area contributed by atoms with Gasteiger partial charge in [0.1, 0.15) is 5.82 Å². The van der Waals surface area contributed by atoms with Gasteiger partial charge in [-0.05, 0) is 49.3 Å². The molecule has 0 spiro atoms. The Balaban J connectivity index is 2.32. The Hall–Kier alpha value is -1.67. The van der Waals surface area contributed by atoms with Crippen molar-refractivity contribution in [3.8, 4) is 11.1 Å². The van der Waals surface area contributed by atoms with E-state index in [1.807, 2.05) is 31.2 Å². The number of methoxy groups -OCH3 is 1. The van der Waals surface area contributed by atoms with Gasteiger partial charge in [0.2, 0.25) is 0 Å². The number of ether oxygens (including phenoxy) is 1. The fourth-order valence-electron chi connectivity index (χ4n) is 3.20. The molecule has 1 atom stereocenters. The van der Waals surface area contributed by atoms with Gasteiger partial charge in [0.15, 0.2) is 0 Å². The Morgan fingerprint density at radius 3 is 2.57 bits per heavy atom. The molecule has 23 heavy (non-hydrogen) atoms. The van der Waals surface area contributed by atoms with E-state index in [2.05, 4.69) is 19.1 Å². The number of benzene rings is 2. The highest BCUT2D eigenvalue weighted by molar-refractivity contribution is 5.69. The van der Waals surface area contributed by atoms with Crippen molar-refractivity contribution in [1.29, 1.82) is 0 Å². The summed E-state index contributed by atoms with van der Waals surface area (Å²) < 4.78 is 19.7. The summed E-state index contributed by atoms with van der Waals surface area (Å²) in [7, 11) is 1.74. The van der Waals surface area contributed by atoms with Gasteiger partial charge in [-0.1, -0.05) is 55.3 Å². The van der Waals surface area contributed by atoms with Crippen LogP contribution < -0.4 is 0 Å². The van der Waals surface area contributed by atoms with Gasteiger partial charge in [0.05, 0.1) is 0 Å². The maximum atomic E-state index is 14.6. The minimum atomic E-state index is -0.122. The second kappa shape index (κ2) is 8.83. The van der Waals surface area contributed by atoms with Crippen LogP contribution in [0.4, 0.5) is 4.39 Å². The normalized spacial score (nSPS) is 12.3. The van der Waals surface area contributed by atoms with Crippen LogP contribution in [0.2, 0.25) is 0 Å². The lowest BCUT2D eigenvalue weighted by molar-refractivity contribution is 0.191. The molecular formula is C21H27FO. The molecule has 0 fully saturated rings. The Morgan fingerprint density at radius 1 is 1.09 bits per heavy atom. The number of rotatable bonds is 8. The van der Waals surface area contributed by atoms with Crippen LogP contribution >= 0.6 is 0 Å². The SMILES string of the molecule is CCC(CCCCOC)c1cccc(F)c1-c1cccc(C)c1. The monoisotopic (exact) mass is 314 g/mol. The Labute approximate surface area is 139 Å². The number of hydrogen-bond donors (Lipinski definition) is 0. The molecular weight excluding hydrogens is 287 g/mol. The van der Waals surface area contributed by atoms with Crippen molar-refractivity contribution in [1.82, 2.24) is 0 Å². The summed E-state index contributed by atoms with van der Waals surface area (Å²) in [5.74, 6) is 0.265. The zero-order valence-corrected chi connectivity index (χ0v) is 14.4. The lowest BCUT2D eigenvalue weighted by Crippen LogP contribution is -2.03. The molecule has 0 aromatic heterocycles. The third-order valence-corrected chi connectivity index (χ3v) is 4.44. The molecule has 2 heteroatoms. The van der Waals surface area contributed by atoms with E-state index in [1.165, 1.54) is 0 Å². The Morgan fingerprint density at radius 2 is 1.87 bits per heavy atom. The quantitative estimate of drug-likeness (QED) is 0.534. The molecule has 2 aromatic carbocycles. The van der Waals surface area contributed by atoms with Crippen LogP contribution in [-0.2, 0) is 4.74 Å². The molecule has 0 radical (unpaired) electrons. The average Bonchev–Trinajstić information content (AvgIpc) is 2.55. The van der Waals surface area contributed by atoms with Crippen LogP contribution in [0.25, 0.3) is 11.1 Å². The summed E-state index contributed by atoms with van der Waals surface area (Å²) in [6.07, 6.45) is 4.26. The van der Waals surface area contributed by atoms with E-state index in [0.717, 1.165) is 54.5 Å². The van der Waals surface area contributed by atoms with E-state index in [9.17, 15) is 4.39 Å². The molecule has 1 nitrogen and oxygen atoms in total. The molecule has 2 rings (SSSR count). The predicted molar refractivity (Wildman–Crippen MR) is 95.3 cm³/mol. The molecule has 0 saturated heterocycles. The van der Waals surface area contributed by atoms with E-state index in [4.69, 9.17) is 4.74 Å². The Kier molecular flexibility index (Phi) is 6.79. The van der Waals surface area contributed by atoms with E-state index >= 15 is 0 Å². The van der Waals surface area contributed by atoms with Gasteiger partial charge >= 0.3 is 0 Å². The second-order valence-electron chi connectivity index (χ2n) is 6.17. The molecule has 0 aliphatic rings. The number of halogens is 1. The van der Waals surface area contributed by atoms with Crippen LogP contribution in [0.5, 0.6) is 0 Å². The van der Waals surface area contributed by atoms with E-state index in [0.29, 0.717) is 5.92 Å². The van der Waals surface area contributed by atoms with Crippen molar-refractivity contribution >= 4 is 0 Å². The largest absolute Gasteiger partial charge is 0.385 e. The first kappa shape index (κ1) is 17.7. The Bertz CT molecular complexity index is 621. The summed E-state index contributed by atoms with van der Waals surface area (Å²) in [5.41, 5.74) is 4.04. The highest BCUT2D eigenvalue weighted by Gasteiger charge is 2.17. The lowest BCUT2D eigenvalue weighted by atomic mass is 9.85. The van der Waals surface area contributed by atoms with Crippen LogP contribution in [0, 0.1) is 12.7 Å². The van der Waals surface area contributed by atoms with E-state index < -0.39 is 0 Å². The van der Waals surface area contributed by atoms with Gasteiger partial charge in [-0.15, -0.1) is 0 Å². The first-order valence-corrected chi connectivity index (χ1v) is 8.51. The summed E-state index contributed by atoms with van der Waals surface area (Å²) in [4.78, 5) is 0. The molecule has 0 bridgehead atoms. The standard InChI is InChI=1S/C21H27FO/c1-4-17(10-5-6-14-23-3)19-12-8-13-20(22)21(19)18-11-7-9-16(2)15-18/h7-9,11-13,15,17H,4-6,10,14H2,1-3H3. The smallest absolute Gasteiger partial charge is 0.131 e. The van der Waals surface area contributed by atoms with Crippen LogP contribution in [0.3, 0.4) is 0 Å². The molecule has 124 valence electrons. The van der Waals surface area contributed by atoms with Crippen LogP contribution in [-0.4, -0.2) is 13.7 Å². The molecule has 1 unspecified atom stereocenters. The maximum absolute atomic E-state index is 14.6.